The summed E-state index contributed by atoms with van der Waals surface area (Å²) < 4.78 is 36.7. The van der Waals surface area contributed by atoms with Crippen molar-refractivity contribution in [2.45, 2.75) is 58.5 Å². The molecule has 3 heterocycles. The summed E-state index contributed by atoms with van der Waals surface area (Å²) in [6.07, 6.45) is 5.76. The van der Waals surface area contributed by atoms with Gasteiger partial charge in [-0.15, -0.1) is 10.2 Å². The van der Waals surface area contributed by atoms with E-state index in [-0.39, 0.29) is 29.0 Å². The van der Waals surface area contributed by atoms with E-state index in [4.69, 9.17) is 4.42 Å². The molecule has 37 heavy (non-hydrogen) atoms. The number of fused-ring (bicyclic) bond motifs is 1. The van der Waals surface area contributed by atoms with Gasteiger partial charge in [0.15, 0.2) is 5.82 Å². The fourth-order valence-corrected chi connectivity index (χ4v) is 4.12. The molecule has 3 N–H and O–H groups in total. The van der Waals surface area contributed by atoms with E-state index in [9.17, 15) is 13.6 Å². The van der Waals surface area contributed by atoms with Crippen molar-refractivity contribution in [1.82, 2.24) is 35.4 Å². The van der Waals surface area contributed by atoms with Gasteiger partial charge in [0.2, 0.25) is 11.8 Å². The molecule has 1 fully saturated rings. The van der Waals surface area contributed by atoms with Crippen molar-refractivity contribution in [3.05, 3.63) is 53.3 Å². The maximum absolute atomic E-state index is 14.8. The third-order valence-electron chi connectivity index (χ3n) is 6.06. The highest BCUT2D eigenvalue weighted by Gasteiger charge is 2.27. The molecule has 0 bridgehead atoms. The first-order chi connectivity index (χ1) is 17.9. The van der Waals surface area contributed by atoms with Gasteiger partial charge in [-0.1, -0.05) is 20.8 Å². The number of carbonyl (C=O) groups excluding carboxylic acids is 1. The Morgan fingerprint density at radius 3 is 2.76 bits per heavy atom. The van der Waals surface area contributed by atoms with Crippen LogP contribution in [0.25, 0.3) is 17.0 Å². The van der Waals surface area contributed by atoms with Gasteiger partial charge in [0.1, 0.15) is 23.5 Å². The molecular weight excluding hydrogens is 482 g/mol. The summed E-state index contributed by atoms with van der Waals surface area (Å²) in [7, 11) is 0. The zero-order chi connectivity index (χ0) is 26.1. The first-order valence-corrected chi connectivity index (χ1v) is 12.3. The topological polar surface area (TPSA) is 122 Å². The number of halogens is 2. The first kappa shape index (κ1) is 24.8. The van der Waals surface area contributed by atoms with Gasteiger partial charge in [0.05, 0.1) is 23.4 Å². The molecule has 0 spiro atoms. The van der Waals surface area contributed by atoms with Crippen LogP contribution in [0.2, 0.25) is 0 Å². The van der Waals surface area contributed by atoms with E-state index in [1.807, 2.05) is 13.8 Å². The largest absolute Gasteiger partial charge is 0.419 e. The zero-order valence-corrected chi connectivity index (χ0v) is 20.8. The molecule has 10 nitrogen and oxygen atoms in total. The van der Waals surface area contributed by atoms with E-state index in [1.54, 1.807) is 10.7 Å². The SMILES string of the molecule is CCCNCc1nnc(-c2cn3ncnc(Nc4cc(C(=O)NC5CC5)c(F)cc4F)c3c2C(C)C)o1. The second-order valence-corrected chi connectivity index (χ2v) is 9.38. The molecule has 1 amide bonds. The summed E-state index contributed by atoms with van der Waals surface area (Å²) in [6, 6.07) is 1.89. The summed E-state index contributed by atoms with van der Waals surface area (Å²) in [4.78, 5) is 16.8. The van der Waals surface area contributed by atoms with Gasteiger partial charge < -0.3 is 20.4 Å². The minimum absolute atomic E-state index is 0.0157. The Balaban J connectivity index is 1.52. The molecule has 12 heteroatoms. The van der Waals surface area contributed by atoms with Crippen molar-refractivity contribution in [3.63, 3.8) is 0 Å². The second kappa shape index (κ2) is 10.2. The van der Waals surface area contributed by atoms with Crippen LogP contribution < -0.4 is 16.0 Å². The lowest BCUT2D eigenvalue weighted by molar-refractivity contribution is 0.0947. The number of anilines is 2. The average molecular weight is 511 g/mol. The fraction of sp³-hybridized carbons (Fsp3) is 0.400. The van der Waals surface area contributed by atoms with Gasteiger partial charge in [-0.2, -0.15) is 5.10 Å². The number of hydrogen-bond acceptors (Lipinski definition) is 8. The molecule has 0 aliphatic heterocycles. The Kier molecular flexibility index (Phi) is 6.83. The van der Waals surface area contributed by atoms with Gasteiger partial charge >= 0.3 is 0 Å². The zero-order valence-electron chi connectivity index (χ0n) is 20.8. The highest BCUT2D eigenvalue weighted by atomic mass is 19.1. The van der Waals surface area contributed by atoms with E-state index in [0.29, 0.717) is 35.5 Å². The normalized spacial score (nSPS) is 13.5. The number of nitrogens with zero attached hydrogens (tertiary/aromatic N) is 5. The number of carbonyl (C=O) groups is 1. The molecule has 0 atom stereocenters. The number of rotatable bonds is 10. The third kappa shape index (κ3) is 5.15. The third-order valence-corrected chi connectivity index (χ3v) is 6.06. The molecule has 0 radical (unpaired) electrons. The molecule has 0 saturated heterocycles. The van der Waals surface area contributed by atoms with Crippen molar-refractivity contribution < 1.29 is 18.0 Å². The van der Waals surface area contributed by atoms with E-state index in [0.717, 1.165) is 37.4 Å². The van der Waals surface area contributed by atoms with Crippen LogP contribution in [-0.4, -0.2) is 43.3 Å². The van der Waals surface area contributed by atoms with Gasteiger partial charge in [-0.05, 0) is 43.4 Å². The Hall–Kier alpha value is -3.93. The van der Waals surface area contributed by atoms with Crippen LogP contribution in [0.15, 0.2) is 29.1 Å². The summed E-state index contributed by atoms with van der Waals surface area (Å²) in [5.74, 6) is -1.29. The van der Waals surface area contributed by atoms with E-state index in [1.165, 1.54) is 6.33 Å². The highest BCUT2D eigenvalue weighted by molar-refractivity contribution is 5.96. The average Bonchev–Trinajstić information content (AvgIpc) is 3.39. The Bertz CT molecular complexity index is 1440. The van der Waals surface area contributed by atoms with Crippen molar-refractivity contribution in [3.8, 4) is 11.5 Å². The van der Waals surface area contributed by atoms with Gasteiger partial charge in [0.25, 0.3) is 5.91 Å². The summed E-state index contributed by atoms with van der Waals surface area (Å²) in [5.41, 5.74) is 1.74. The molecule has 1 aliphatic rings. The lowest BCUT2D eigenvalue weighted by Gasteiger charge is -2.13. The van der Waals surface area contributed by atoms with Gasteiger partial charge in [-0.3, -0.25) is 4.79 Å². The number of nitrogens with one attached hydrogen (secondary N) is 3. The molecule has 0 unspecified atom stereocenters. The summed E-state index contributed by atoms with van der Waals surface area (Å²) in [5, 5.41) is 21.5. The lowest BCUT2D eigenvalue weighted by atomic mass is 10.00. The van der Waals surface area contributed by atoms with Crippen LogP contribution in [0.3, 0.4) is 0 Å². The predicted molar refractivity (Wildman–Crippen MR) is 132 cm³/mol. The van der Waals surface area contributed by atoms with Crippen LogP contribution in [0.5, 0.6) is 0 Å². The van der Waals surface area contributed by atoms with Gasteiger partial charge in [0, 0.05) is 18.3 Å². The van der Waals surface area contributed by atoms with E-state index >= 15 is 0 Å². The maximum Gasteiger partial charge on any atom is 0.254 e. The molecule has 5 rings (SSSR count). The monoisotopic (exact) mass is 510 g/mol. The molecule has 1 saturated carbocycles. The molecular formula is C25H28F2N8O2. The smallest absolute Gasteiger partial charge is 0.254 e. The Labute approximate surface area is 211 Å². The number of amides is 1. The molecule has 1 aromatic carbocycles. The molecule has 4 aromatic rings. The summed E-state index contributed by atoms with van der Waals surface area (Å²) in [6.45, 7) is 7.35. The second-order valence-electron chi connectivity index (χ2n) is 9.38. The van der Waals surface area contributed by atoms with Crippen LogP contribution >= 0.6 is 0 Å². The molecule has 194 valence electrons. The minimum Gasteiger partial charge on any atom is -0.419 e. The van der Waals surface area contributed by atoms with Crippen LogP contribution in [-0.2, 0) is 6.54 Å². The number of aromatic nitrogens is 5. The first-order valence-electron chi connectivity index (χ1n) is 12.3. The molecule has 1 aliphatic carbocycles. The van der Waals surface area contributed by atoms with Crippen molar-refractivity contribution >= 4 is 22.9 Å². The maximum atomic E-state index is 14.8. The quantitative estimate of drug-likeness (QED) is 0.270. The van der Waals surface area contributed by atoms with Crippen molar-refractivity contribution in [2.75, 3.05) is 11.9 Å². The standard InChI is InChI=1S/C25H28F2N8O2/c1-4-7-28-10-20-33-34-25(37-20)16-11-35-22(21(16)13(2)3)23(29-12-30-35)32-19-8-15(17(26)9-18(19)27)24(36)31-14-5-6-14/h8-9,11-14,28H,4-7,10H2,1-3H3,(H,31,36)(H,29,30,32). The number of hydrogen-bond donors (Lipinski definition) is 3. The van der Waals surface area contributed by atoms with Crippen molar-refractivity contribution in [1.29, 1.82) is 0 Å². The van der Waals surface area contributed by atoms with Crippen molar-refractivity contribution in [2.24, 2.45) is 0 Å². The fourth-order valence-electron chi connectivity index (χ4n) is 4.12. The van der Waals surface area contributed by atoms with E-state index in [2.05, 4.69) is 43.2 Å². The Morgan fingerprint density at radius 2 is 2.03 bits per heavy atom. The Morgan fingerprint density at radius 1 is 1.22 bits per heavy atom. The highest BCUT2D eigenvalue weighted by Crippen LogP contribution is 2.37. The summed E-state index contributed by atoms with van der Waals surface area (Å²) >= 11 is 0. The minimum atomic E-state index is -0.928. The van der Waals surface area contributed by atoms with Crippen LogP contribution in [0, 0.1) is 11.6 Å². The number of benzene rings is 1. The lowest BCUT2D eigenvalue weighted by Crippen LogP contribution is -2.26. The van der Waals surface area contributed by atoms with E-state index < -0.39 is 17.5 Å². The molecule has 3 aromatic heterocycles. The van der Waals surface area contributed by atoms with Crippen LogP contribution in [0.1, 0.15) is 67.8 Å². The van der Waals surface area contributed by atoms with Gasteiger partial charge in [-0.25, -0.2) is 18.3 Å². The van der Waals surface area contributed by atoms with Crippen LogP contribution in [0.4, 0.5) is 20.3 Å². The predicted octanol–water partition coefficient (Wildman–Crippen LogP) is 4.32.